The summed E-state index contributed by atoms with van der Waals surface area (Å²) in [6.45, 7) is 4.55. The average Bonchev–Trinajstić information content (AvgIpc) is 2.41. The first-order valence-corrected chi connectivity index (χ1v) is 7.25. The van der Waals surface area contributed by atoms with E-state index in [9.17, 15) is 8.78 Å². The highest BCUT2D eigenvalue weighted by Crippen LogP contribution is 2.38. The van der Waals surface area contributed by atoms with E-state index in [1.807, 2.05) is 11.9 Å². The Morgan fingerprint density at radius 1 is 1.20 bits per heavy atom. The maximum Gasteiger partial charge on any atom is 0.182 e. The zero-order chi connectivity index (χ0) is 14.9. The Morgan fingerprint density at radius 3 is 2.35 bits per heavy atom. The number of nitrogens with zero attached hydrogens (tertiary/aromatic N) is 1. The topological polar surface area (TPSA) is 29.3 Å². The van der Waals surface area contributed by atoms with E-state index in [-0.39, 0.29) is 18.2 Å². The Kier molecular flexibility index (Phi) is 4.33. The standard InChI is InChI=1S/C16H24F2N2/c1-16(2)8-6-12(7-9-16)20(3)13-5-4-11(10-19)14(17)15(13)18/h4-5,12H,6-10,19H2,1-3H3. The fraction of sp³-hybridized carbons (Fsp3) is 0.625. The van der Waals surface area contributed by atoms with E-state index >= 15 is 0 Å². The van der Waals surface area contributed by atoms with Crippen molar-refractivity contribution in [1.29, 1.82) is 0 Å². The first-order chi connectivity index (χ1) is 9.35. The van der Waals surface area contributed by atoms with Gasteiger partial charge in [-0.3, -0.25) is 0 Å². The molecule has 1 aliphatic carbocycles. The molecule has 0 atom stereocenters. The number of anilines is 1. The van der Waals surface area contributed by atoms with Gasteiger partial charge in [-0.1, -0.05) is 19.9 Å². The molecule has 1 aromatic rings. The minimum Gasteiger partial charge on any atom is -0.369 e. The lowest BCUT2D eigenvalue weighted by molar-refractivity contribution is 0.222. The van der Waals surface area contributed by atoms with Gasteiger partial charge >= 0.3 is 0 Å². The molecule has 0 aliphatic heterocycles. The van der Waals surface area contributed by atoms with Crippen LogP contribution in [0.1, 0.15) is 45.1 Å². The first-order valence-electron chi connectivity index (χ1n) is 7.25. The summed E-state index contributed by atoms with van der Waals surface area (Å²) in [6, 6.07) is 3.50. The van der Waals surface area contributed by atoms with Gasteiger partial charge in [-0.05, 0) is 37.2 Å². The number of benzene rings is 1. The van der Waals surface area contributed by atoms with E-state index in [1.54, 1.807) is 12.1 Å². The fourth-order valence-corrected chi connectivity index (χ4v) is 2.98. The average molecular weight is 282 g/mol. The third-order valence-electron chi connectivity index (χ3n) is 4.60. The van der Waals surface area contributed by atoms with Crippen molar-refractivity contribution < 1.29 is 8.78 Å². The predicted molar refractivity (Wildman–Crippen MR) is 78.7 cm³/mol. The highest BCUT2D eigenvalue weighted by molar-refractivity contribution is 5.50. The van der Waals surface area contributed by atoms with Gasteiger partial charge in [0.05, 0.1) is 5.69 Å². The van der Waals surface area contributed by atoms with Gasteiger partial charge in [0, 0.05) is 25.2 Å². The molecule has 4 heteroatoms. The molecule has 1 saturated carbocycles. The fourth-order valence-electron chi connectivity index (χ4n) is 2.98. The Balaban J connectivity index is 2.18. The van der Waals surface area contributed by atoms with Crippen LogP contribution in [0.4, 0.5) is 14.5 Å². The van der Waals surface area contributed by atoms with Gasteiger partial charge < -0.3 is 10.6 Å². The Bertz CT molecular complexity index is 476. The molecule has 112 valence electrons. The number of hydrogen-bond acceptors (Lipinski definition) is 2. The molecule has 1 aromatic carbocycles. The van der Waals surface area contributed by atoms with Crippen LogP contribution >= 0.6 is 0 Å². The van der Waals surface area contributed by atoms with E-state index in [0.29, 0.717) is 11.1 Å². The van der Waals surface area contributed by atoms with Crippen molar-refractivity contribution in [2.24, 2.45) is 11.1 Å². The van der Waals surface area contributed by atoms with Crippen molar-refractivity contribution in [2.45, 2.75) is 52.1 Å². The zero-order valence-corrected chi connectivity index (χ0v) is 12.5. The van der Waals surface area contributed by atoms with Crippen molar-refractivity contribution in [3.05, 3.63) is 29.3 Å². The summed E-state index contributed by atoms with van der Waals surface area (Å²) in [5.41, 5.74) is 6.33. The van der Waals surface area contributed by atoms with Crippen LogP contribution in [0.3, 0.4) is 0 Å². The molecular formula is C16H24F2N2. The van der Waals surface area contributed by atoms with Crippen molar-refractivity contribution in [3.8, 4) is 0 Å². The zero-order valence-electron chi connectivity index (χ0n) is 12.5. The Morgan fingerprint density at radius 2 is 1.80 bits per heavy atom. The lowest BCUT2D eigenvalue weighted by Gasteiger charge is -2.39. The normalized spacial score (nSPS) is 19.1. The molecule has 0 heterocycles. The molecule has 0 aromatic heterocycles. The van der Waals surface area contributed by atoms with Gasteiger partial charge in [-0.25, -0.2) is 8.78 Å². The van der Waals surface area contributed by atoms with Gasteiger partial charge in [-0.15, -0.1) is 0 Å². The lowest BCUT2D eigenvalue weighted by Crippen LogP contribution is -2.37. The summed E-state index contributed by atoms with van der Waals surface area (Å²) in [5, 5.41) is 0. The first kappa shape index (κ1) is 15.2. The van der Waals surface area contributed by atoms with Crippen LogP contribution in [0.15, 0.2) is 12.1 Å². The summed E-state index contributed by atoms with van der Waals surface area (Å²) >= 11 is 0. The second kappa shape index (κ2) is 5.68. The molecule has 0 unspecified atom stereocenters. The summed E-state index contributed by atoms with van der Waals surface area (Å²) < 4.78 is 28.0. The molecule has 0 spiro atoms. The summed E-state index contributed by atoms with van der Waals surface area (Å²) in [5.74, 6) is -1.59. The summed E-state index contributed by atoms with van der Waals surface area (Å²) in [4.78, 5) is 1.88. The molecule has 0 amide bonds. The van der Waals surface area contributed by atoms with Crippen LogP contribution in [0, 0.1) is 17.0 Å². The van der Waals surface area contributed by atoms with Crippen LogP contribution in [-0.4, -0.2) is 13.1 Å². The second-order valence-corrected chi connectivity index (χ2v) is 6.58. The monoisotopic (exact) mass is 282 g/mol. The molecule has 0 bridgehead atoms. The summed E-state index contributed by atoms with van der Waals surface area (Å²) in [6.07, 6.45) is 4.27. The Labute approximate surface area is 120 Å². The maximum atomic E-state index is 14.1. The van der Waals surface area contributed by atoms with Crippen LogP contribution < -0.4 is 10.6 Å². The van der Waals surface area contributed by atoms with Gasteiger partial charge in [0.2, 0.25) is 0 Å². The van der Waals surface area contributed by atoms with E-state index in [4.69, 9.17) is 5.73 Å². The van der Waals surface area contributed by atoms with Crippen LogP contribution in [0.2, 0.25) is 0 Å². The number of hydrogen-bond donors (Lipinski definition) is 1. The maximum absolute atomic E-state index is 14.1. The molecular weight excluding hydrogens is 258 g/mol. The van der Waals surface area contributed by atoms with E-state index in [2.05, 4.69) is 13.8 Å². The number of halogens is 2. The van der Waals surface area contributed by atoms with Gasteiger partial charge in [-0.2, -0.15) is 0 Å². The Hall–Kier alpha value is -1.16. The number of nitrogens with two attached hydrogens (primary N) is 1. The quantitative estimate of drug-likeness (QED) is 0.913. The molecule has 20 heavy (non-hydrogen) atoms. The van der Waals surface area contributed by atoms with Crippen LogP contribution in [0.5, 0.6) is 0 Å². The van der Waals surface area contributed by atoms with Crippen LogP contribution in [0.25, 0.3) is 0 Å². The minimum atomic E-state index is -0.812. The van der Waals surface area contributed by atoms with Crippen molar-refractivity contribution in [1.82, 2.24) is 0 Å². The second-order valence-electron chi connectivity index (χ2n) is 6.58. The SMILES string of the molecule is CN(c1ccc(CN)c(F)c1F)C1CCC(C)(C)CC1. The molecule has 2 N–H and O–H groups in total. The molecule has 2 rings (SSSR count). The van der Waals surface area contributed by atoms with E-state index in [1.165, 1.54) is 0 Å². The largest absolute Gasteiger partial charge is 0.369 e. The van der Waals surface area contributed by atoms with Crippen LogP contribution in [-0.2, 0) is 6.54 Å². The predicted octanol–water partition coefficient (Wildman–Crippen LogP) is 3.83. The van der Waals surface area contributed by atoms with Crippen molar-refractivity contribution in [2.75, 3.05) is 11.9 Å². The highest BCUT2D eigenvalue weighted by atomic mass is 19.2. The molecule has 0 radical (unpaired) electrons. The molecule has 1 aliphatic rings. The smallest absolute Gasteiger partial charge is 0.182 e. The van der Waals surface area contributed by atoms with E-state index in [0.717, 1.165) is 25.7 Å². The van der Waals surface area contributed by atoms with Gasteiger partial charge in [0.15, 0.2) is 11.6 Å². The highest BCUT2D eigenvalue weighted by Gasteiger charge is 2.30. The summed E-state index contributed by atoms with van der Waals surface area (Å²) in [7, 11) is 1.85. The minimum absolute atomic E-state index is 0.0182. The van der Waals surface area contributed by atoms with Crippen molar-refractivity contribution in [3.63, 3.8) is 0 Å². The lowest BCUT2D eigenvalue weighted by atomic mass is 9.75. The van der Waals surface area contributed by atoms with Gasteiger partial charge in [0.25, 0.3) is 0 Å². The molecule has 0 saturated heterocycles. The van der Waals surface area contributed by atoms with E-state index < -0.39 is 11.6 Å². The van der Waals surface area contributed by atoms with Crippen molar-refractivity contribution >= 4 is 5.69 Å². The van der Waals surface area contributed by atoms with Gasteiger partial charge in [0.1, 0.15) is 0 Å². The molecule has 1 fully saturated rings. The third-order valence-corrected chi connectivity index (χ3v) is 4.60. The molecule has 2 nitrogen and oxygen atoms in total. The third kappa shape index (κ3) is 2.95. The number of rotatable bonds is 3.